The van der Waals surface area contributed by atoms with Crippen molar-refractivity contribution in [1.82, 2.24) is 0 Å². The molecule has 0 rings (SSSR count). The molecule has 14 heavy (non-hydrogen) atoms. The molecule has 0 heterocycles. The largest absolute Gasteiger partial charge is 0.469 e. The molecule has 0 saturated carbocycles. The van der Waals surface area contributed by atoms with E-state index in [0.717, 1.165) is 0 Å². The van der Waals surface area contributed by atoms with Gasteiger partial charge in [0.1, 0.15) is 0 Å². The van der Waals surface area contributed by atoms with Crippen molar-refractivity contribution in [1.29, 1.82) is 0 Å². The van der Waals surface area contributed by atoms with Crippen LogP contribution in [0.3, 0.4) is 0 Å². The van der Waals surface area contributed by atoms with Crippen molar-refractivity contribution < 1.29 is 19.1 Å². The number of methoxy groups -OCH3 is 2. The highest BCUT2D eigenvalue weighted by atomic mass is 16.5. The smallest absolute Gasteiger partial charge is 0.312 e. The van der Waals surface area contributed by atoms with Gasteiger partial charge in [0, 0.05) is 0 Å². The Balaban J connectivity index is 4.69. The molecule has 0 aliphatic rings. The molecule has 0 saturated heterocycles. The molecular weight excluding hydrogens is 184 g/mol. The zero-order chi connectivity index (χ0) is 11.2. The lowest BCUT2D eigenvalue weighted by Gasteiger charge is -2.26. The molecule has 0 atom stereocenters. The Hall–Kier alpha value is -1.06. The molecule has 4 nitrogen and oxygen atoms in total. The van der Waals surface area contributed by atoms with Gasteiger partial charge < -0.3 is 9.47 Å². The number of carbonyl (C=O) groups excluding carboxylic acids is 2. The Morgan fingerprint density at radius 1 is 1.07 bits per heavy atom. The lowest BCUT2D eigenvalue weighted by Crippen LogP contribution is -2.34. The van der Waals surface area contributed by atoms with E-state index in [1.165, 1.54) is 14.2 Å². The maximum Gasteiger partial charge on any atom is 0.312 e. The number of carbonyl (C=O) groups is 2. The van der Waals surface area contributed by atoms with E-state index in [2.05, 4.69) is 4.74 Å². The van der Waals surface area contributed by atoms with E-state index in [4.69, 9.17) is 4.74 Å². The number of rotatable bonds is 5. The second-order valence-electron chi connectivity index (χ2n) is 3.23. The Morgan fingerprint density at radius 2 is 1.57 bits per heavy atom. The van der Waals surface area contributed by atoms with Crippen LogP contribution in [0, 0.1) is 5.41 Å². The van der Waals surface area contributed by atoms with Crippen molar-refractivity contribution in [3.8, 4) is 0 Å². The number of hydrogen-bond acceptors (Lipinski definition) is 4. The first kappa shape index (κ1) is 12.9. The molecule has 0 aliphatic carbocycles. The maximum atomic E-state index is 11.5. The van der Waals surface area contributed by atoms with Gasteiger partial charge >= 0.3 is 11.9 Å². The summed E-state index contributed by atoms with van der Waals surface area (Å²) in [5.74, 6) is -0.716. The quantitative estimate of drug-likeness (QED) is 0.634. The second kappa shape index (κ2) is 5.62. The minimum atomic E-state index is -0.720. The molecule has 0 unspecified atom stereocenters. The highest BCUT2D eigenvalue weighted by Gasteiger charge is 2.38. The Labute approximate surface area is 84.6 Å². The summed E-state index contributed by atoms with van der Waals surface area (Å²) in [6, 6.07) is 0. The van der Waals surface area contributed by atoms with Gasteiger partial charge in [-0.1, -0.05) is 13.8 Å². The zero-order valence-electron chi connectivity index (χ0n) is 9.25. The van der Waals surface area contributed by atoms with Crippen LogP contribution in [0.25, 0.3) is 0 Å². The normalized spacial score (nSPS) is 10.9. The van der Waals surface area contributed by atoms with Gasteiger partial charge in [-0.3, -0.25) is 9.59 Å². The first-order chi connectivity index (χ1) is 6.56. The Bertz CT molecular complexity index is 206. The van der Waals surface area contributed by atoms with Gasteiger partial charge in [-0.05, 0) is 12.8 Å². The maximum absolute atomic E-state index is 11.5. The molecule has 0 aliphatic heterocycles. The standard InChI is InChI=1S/C10H18O4/c1-5-10(6-2,9(12)14-4)7-8(11)13-3/h5-7H2,1-4H3. The average Bonchev–Trinajstić information content (AvgIpc) is 2.24. The van der Waals surface area contributed by atoms with Crippen molar-refractivity contribution in [3.05, 3.63) is 0 Å². The molecule has 0 spiro atoms. The molecular formula is C10H18O4. The van der Waals surface area contributed by atoms with Crippen LogP contribution in [-0.2, 0) is 19.1 Å². The third-order valence-electron chi connectivity index (χ3n) is 2.68. The zero-order valence-corrected chi connectivity index (χ0v) is 9.25. The summed E-state index contributed by atoms with van der Waals surface area (Å²) in [7, 11) is 2.65. The van der Waals surface area contributed by atoms with Crippen LogP contribution in [0.1, 0.15) is 33.1 Å². The van der Waals surface area contributed by atoms with E-state index in [0.29, 0.717) is 12.8 Å². The fraction of sp³-hybridized carbons (Fsp3) is 0.800. The number of esters is 2. The summed E-state index contributed by atoms with van der Waals surface area (Å²) in [5, 5.41) is 0. The van der Waals surface area contributed by atoms with E-state index < -0.39 is 5.41 Å². The monoisotopic (exact) mass is 202 g/mol. The predicted octanol–water partition coefficient (Wildman–Crippen LogP) is 1.53. The summed E-state index contributed by atoms with van der Waals surface area (Å²) in [6.45, 7) is 3.73. The fourth-order valence-corrected chi connectivity index (χ4v) is 1.43. The van der Waals surface area contributed by atoms with Crippen LogP contribution in [0.4, 0.5) is 0 Å². The first-order valence-corrected chi connectivity index (χ1v) is 4.71. The first-order valence-electron chi connectivity index (χ1n) is 4.71. The van der Waals surface area contributed by atoms with E-state index in [9.17, 15) is 9.59 Å². The van der Waals surface area contributed by atoms with Crippen LogP contribution in [0.2, 0.25) is 0 Å². The Kier molecular flexibility index (Phi) is 5.20. The minimum absolute atomic E-state index is 0.0865. The third-order valence-corrected chi connectivity index (χ3v) is 2.68. The van der Waals surface area contributed by atoms with Crippen molar-refractivity contribution in [2.75, 3.05) is 14.2 Å². The topological polar surface area (TPSA) is 52.6 Å². The third kappa shape index (κ3) is 2.72. The number of hydrogen-bond donors (Lipinski definition) is 0. The SMILES string of the molecule is CCC(CC)(CC(=O)OC)C(=O)OC. The van der Waals surface area contributed by atoms with Gasteiger partial charge in [-0.2, -0.15) is 0 Å². The molecule has 0 radical (unpaired) electrons. The van der Waals surface area contributed by atoms with Gasteiger partial charge in [0.05, 0.1) is 26.1 Å². The molecule has 0 bridgehead atoms. The highest BCUT2D eigenvalue weighted by molar-refractivity contribution is 5.83. The summed E-state index contributed by atoms with van der Waals surface area (Å²) in [6.07, 6.45) is 1.24. The lowest BCUT2D eigenvalue weighted by atomic mass is 9.79. The average molecular weight is 202 g/mol. The van der Waals surface area contributed by atoms with Gasteiger partial charge in [0.15, 0.2) is 0 Å². The summed E-state index contributed by atoms with van der Waals surface area (Å²) >= 11 is 0. The minimum Gasteiger partial charge on any atom is -0.469 e. The molecule has 0 fully saturated rings. The molecule has 0 amide bonds. The molecule has 4 heteroatoms. The Morgan fingerprint density at radius 3 is 1.86 bits per heavy atom. The van der Waals surface area contributed by atoms with Crippen LogP contribution in [0.15, 0.2) is 0 Å². The molecule has 0 N–H and O–H groups in total. The lowest BCUT2D eigenvalue weighted by molar-refractivity contribution is -0.160. The van der Waals surface area contributed by atoms with Crippen molar-refractivity contribution in [2.45, 2.75) is 33.1 Å². The molecule has 82 valence electrons. The van der Waals surface area contributed by atoms with Gasteiger partial charge in [-0.25, -0.2) is 0 Å². The molecule has 0 aromatic heterocycles. The van der Waals surface area contributed by atoms with Crippen molar-refractivity contribution in [2.24, 2.45) is 5.41 Å². The summed E-state index contributed by atoms with van der Waals surface area (Å²) in [4.78, 5) is 22.7. The van der Waals surface area contributed by atoms with Crippen molar-refractivity contribution >= 4 is 11.9 Å². The summed E-state index contributed by atoms with van der Waals surface area (Å²) < 4.78 is 9.25. The highest BCUT2D eigenvalue weighted by Crippen LogP contribution is 2.32. The van der Waals surface area contributed by atoms with E-state index in [1.807, 2.05) is 13.8 Å². The second-order valence-corrected chi connectivity index (χ2v) is 3.23. The van der Waals surface area contributed by atoms with Crippen LogP contribution in [0.5, 0.6) is 0 Å². The van der Waals surface area contributed by atoms with Crippen LogP contribution in [-0.4, -0.2) is 26.2 Å². The van der Waals surface area contributed by atoms with Crippen LogP contribution >= 0.6 is 0 Å². The van der Waals surface area contributed by atoms with Crippen LogP contribution < -0.4 is 0 Å². The van der Waals surface area contributed by atoms with E-state index in [1.54, 1.807) is 0 Å². The number of ether oxygens (including phenoxy) is 2. The van der Waals surface area contributed by atoms with Crippen molar-refractivity contribution in [3.63, 3.8) is 0 Å². The predicted molar refractivity (Wildman–Crippen MR) is 51.7 cm³/mol. The van der Waals surface area contributed by atoms with Gasteiger partial charge in [0.25, 0.3) is 0 Å². The molecule has 0 aromatic rings. The van der Waals surface area contributed by atoms with Gasteiger partial charge in [-0.15, -0.1) is 0 Å². The molecule has 0 aromatic carbocycles. The summed E-state index contributed by atoms with van der Waals surface area (Å²) in [5.41, 5.74) is -0.720. The van der Waals surface area contributed by atoms with E-state index >= 15 is 0 Å². The van der Waals surface area contributed by atoms with E-state index in [-0.39, 0.29) is 18.4 Å². The van der Waals surface area contributed by atoms with Gasteiger partial charge in [0.2, 0.25) is 0 Å². The fourth-order valence-electron chi connectivity index (χ4n) is 1.43.